The van der Waals surface area contributed by atoms with Crippen molar-refractivity contribution in [2.75, 3.05) is 28.6 Å². The van der Waals surface area contributed by atoms with Crippen molar-refractivity contribution < 1.29 is 5.11 Å². The molecule has 7 rings (SSSR count). The van der Waals surface area contributed by atoms with E-state index in [1.165, 1.54) is 0 Å². The molecule has 12 heteroatoms. The summed E-state index contributed by atoms with van der Waals surface area (Å²) in [5.41, 5.74) is 10.4. The zero-order valence-electron chi connectivity index (χ0n) is 23.1. The number of phenolic OH excluding ortho intramolecular Hbond substituents is 1. The van der Waals surface area contributed by atoms with E-state index < -0.39 is 0 Å². The van der Waals surface area contributed by atoms with Gasteiger partial charge in [-0.05, 0) is 50.5 Å². The molecular weight excluding hydrogens is 532 g/mol. The quantitative estimate of drug-likeness (QED) is 0.314. The summed E-state index contributed by atoms with van der Waals surface area (Å²) in [6.07, 6.45) is 6.13. The first-order valence-corrected chi connectivity index (χ1v) is 13.7. The van der Waals surface area contributed by atoms with Crippen molar-refractivity contribution in [3.63, 3.8) is 0 Å². The van der Waals surface area contributed by atoms with Gasteiger partial charge in [-0.2, -0.15) is 5.10 Å². The van der Waals surface area contributed by atoms with Crippen molar-refractivity contribution in [3.05, 3.63) is 82.4 Å². The second-order valence-electron chi connectivity index (χ2n) is 10.6. The molecule has 0 amide bonds. The zero-order valence-corrected chi connectivity index (χ0v) is 23.1. The van der Waals surface area contributed by atoms with Crippen LogP contribution in [0.2, 0.25) is 0 Å². The van der Waals surface area contributed by atoms with Crippen LogP contribution in [0.25, 0.3) is 16.8 Å². The molecule has 6 heterocycles. The molecule has 0 saturated carbocycles. The Hall–Kier alpha value is -5.44. The maximum Gasteiger partial charge on any atom is 0.277 e. The number of fused-ring (bicyclic) bond motifs is 3. The van der Waals surface area contributed by atoms with E-state index in [1.807, 2.05) is 38.1 Å². The minimum atomic E-state index is -0.130. The number of rotatable bonds is 4. The number of hydrogen-bond donors (Lipinski definition) is 2. The van der Waals surface area contributed by atoms with E-state index in [9.17, 15) is 9.90 Å². The molecule has 42 heavy (non-hydrogen) atoms. The van der Waals surface area contributed by atoms with E-state index in [0.717, 1.165) is 42.3 Å². The van der Waals surface area contributed by atoms with Gasteiger partial charge >= 0.3 is 0 Å². The van der Waals surface area contributed by atoms with Gasteiger partial charge < -0.3 is 25.2 Å². The molecule has 210 valence electrons. The van der Waals surface area contributed by atoms with Gasteiger partial charge in [0.05, 0.1) is 29.7 Å². The van der Waals surface area contributed by atoms with E-state index in [1.54, 1.807) is 39.8 Å². The molecule has 2 saturated heterocycles. The number of benzene rings is 1. The van der Waals surface area contributed by atoms with E-state index >= 15 is 0 Å². The molecule has 4 aromatic heterocycles. The average Bonchev–Trinajstić information content (AvgIpc) is 3.68. The third kappa shape index (κ3) is 4.26. The Morgan fingerprint density at radius 1 is 1.07 bits per heavy atom. The molecule has 2 aliphatic heterocycles. The van der Waals surface area contributed by atoms with Crippen molar-refractivity contribution in [1.29, 1.82) is 0 Å². The topological polar surface area (TPSA) is 144 Å². The smallest absolute Gasteiger partial charge is 0.277 e. The second-order valence-corrected chi connectivity index (χ2v) is 10.6. The summed E-state index contributed by atoms with van der Waals surface area (Å²) in [4.78, 5) is 26.5. The molecule has 12 nitrogen and oxygen atoms in total. The lowest BCUT2D eigenvalue weighted by atomic mass is 10.1. The summed E-state index contributed by atoms with van der Waals surface area (Å²) >= 11 is 0. The SMILES string of the molecule is Cc1nn2ccn(CC#Cc3nccc(N4C[C@H]5C[C@@H]4CN5c4cc(-c5ccccc5O)nnc4N)n3)c(=O)c2c1C. The molecule has 2 fully saturated rings. The number of piperazine rings is 1. The highest BCUT2D eigenvalue weighted by molar-refractivity contribution is 5.75. The Bertz CT molecular complexity index is 1970. The van der Waals surface area contributed by atoms with Gasteiger partial charge in [-0.1, -0.05) is 18.1 Å². The molecule has 2 bridgehead atoms. The maximum atomic E-state index is 12.9. The number of aromatic hydroxyl groups is 1. The maximum absolute atomic E-state index is 12.9. The van der Waals surface area contributed by atoms with Gasteiger partial charge in [-0.3, -0.25) is 4.79 Å². The lowest BCUT2D eigenvalue weighted by Gasteiger charge is -2.36. The predicted molar refractivity (Wildman–Crippen MR) is 158 cm³/mol. The zero-order chi connectivity index (χ0) is 29.0. The van der Waals surface area contributed by atoms with E-state index in [2.05, 4.69) is 41.9 Å². The fourth-order valence-corrected chi connectivity index (χ4v) is 5.93. The van der Waals surface area contributed by atoms with Crippen LogP contribution in [0.15, 0.2) is 59.8 Å². The molecule has 3 N–H and O–H groups in total. The third-order valence-corrected chi connectivity index (χ3v) is 8.15. The highest BCUT2D eigenvalue weighted by Crippen LogP contribution is 2.39. The van der Waals surface area contributed by atoms with Crippen LogP contribution in [-0.2, 0) is 6.54 Å². The number of nitrogens with zero attached hydrogens (tertiary/aromatic N) is 9. The number of hydrogen-bond acceptors (Lipinski definition) is 10. The Balaban J connectivity index is 1.07. The molecule has 2 aliphatic rings. The van der Waals surface area contributed by atoms with E-state index in [4.69, 9.17) is 10.7 Å². The molecule has 0 unspecified atom stereocenters. The van der Waals surface area contributed by atoms with Gasteiger partial charge in [-0.25, -0.2) is 14.5 Å². The Morgan fingerprint density at radius 2 is 1.88 bits per heavy atom. The molecule has 0 aliphatic carbocycles. The first-order chi connectivity index (χ1) is 20.4. The van der Waals surface area contributed by atoms with Gasteiger partial charge in [0.2, 0.25) is 5.82 Å². The highest BCUT2D eigenvalue weighted by atomic mass is 16.3. The largest absolute Gasteiger partial charge is 0.507 e. The minimum Gasteiger partial charge on any atom is -0.507 e. The van der Waals surface area contributed by atoms with Gasteiger partial charge in [0.15, 0.2) is 5.82 Å². The monoisotopic (exact) mass is 560 g/mol. The fourth-order valence-electron chi connectivity index (χ4n) is 5.93. The van der Waals surface area contributed by atoms with Crippen molar-refractivity contribution in [3.8, 4) is 28.8 Å². The number of aryl methyl sites for hydroxylation is 2. The van der Waals surface area contributed by atoms with Crippen molar-refractivity contribution >= 4 is 22.8 Å². The Kier molecular flexibility index (Phi) is 6.00. The molecule has 2 atom stereocenters. The van der Waals surface area contributed by atoms with Crippen LogP contribution in [0.1, 0.15) is 23.5 Å². The normalized spacial score (nSPS) is 17.6. The number of nitrogens with two attached hydrogens (primary N) is 1. The minimum absolute atomic E-state index is 0.130. The van der Waals surface area contributed by atoms with Crippen LogP contribution in [0.5, 0.6) is 5.75 Å². The van der Waals surface area contributed by atoms with E-state index in [-0.39, 0.29) is 29.9 Å². The number of aromatic nitrogens is 7. The number of para-hydroxylation sites is 1. The Morgan fingerprint density at radius 3 is 2.69 bits per heavy atom. The first kappa shape index (κ1) is 25.5. The third-order valence-electron chi connectivity index (χ3n) is 8.15. The fraction of sp³-hybridized carbons (Fsp3) is 0.267. The van der Waals surface area contributed by atoms with Gasteiger partial charge in [0.1, 0.15) is 17.1 Å². The summed E-state index contributed by atoms with van der Waals surface area (Å²) in [6, 6.07) is 11.3. The molecule has 1 aromatic carbocycles. The summed E-state index contributed by atoms with van der Waals surface area (Å²) in [5, 5.41) is 23.1. The molecular formula is C30H28N10O2. The van der Waals surface area contributed by atoms with Crippen molar-refractivity contribution in [2.24, 2.45) is 0 Å². The summed E-state index contributed by atoms with van der Waals surface area (Å²) < 4.78 is 3.18. The number of nitrogen functional groups attached to an aromatic ring is 1. The lowest BCUT2D eigenvalue weighted by molar-refractivity contribution is 0.477. The van der Waals surface area contributed by atoms with Gasteiger partial charge in [0, 0.05) is 48.8 Å². The molecule has 0 spiro atoms. The summed E-state index contributed by atoms with van der Waals surface area (Å²) in [6.45, 7) is 5.53. The number of anilines is 3. The summed E-state index contributed by atoms with van der Waals surface area (Å²) in [5.74, 6) is 7.81. The van der Waals surface area contributed by atoms with Crippen molar-refractivity contribution in [1.82, 2.24) is 34.3 Å². The van der Waals surface area contributed by atoms with Crippen LogP contribution >= 0.6 is 0 Å². The van der Waals surface area contributed by atoms with E-state index in [0.29, 0.717) is 28.4 Å². The highest BCUT2D eigenvalue weighted by Gasteiger charge is 2.44. The van der Waals surface area contributed by atoms with Crippen LogP contribution in [-0.4, -0.2) is 64.6 Å². The second kappa shape index (κ2) is 9.88. The number of phenols is 1. The Labute approximate surface area is 241 Å². The summed E-state index contributed by atoms with van der Waals surface area (Å²) in [7, 11) is 0. The van der Waals surface area contributed by atoms with Crippen LogP contribution < -0.4 is 21.1 Å². The molecule has 5 aromatic rings. The van der Waals surface area contributed by atoms with Gasteiger partial charge in [0.25, 0.3) is 5.56 Å². The van der Waals surface area contributed by atoms with Gasteiger partial charge in [-0.15, -0.1) is 10.2 Å². The first-order valence-electron chi connectivity index (χ1n) is 13.7. The standard InChI is InChI=1S/C30H28N10O2/c1-18-19(2)36-40-13-12-37(30(42)28(18)40)11-5-8-26-32-10-9-27(33-26)39-17-20-14-21(39)16-38(20)24-15-23(34-35-29(24)31)22-6-3-4-7-25(22)41/h3-4,6-7,9-10,12-13,15,20-21,41H,11,14,16-17H2,1-2H3,(H2,31,35)/t20-,21-/m1/s1. The average molecular weight is 561 g/mol. The lowest BCUT2D eigenvalue weighted by Crippen LogP contribution is -2.47. The molecule has 0 radical (unpaired) electrons. The van der Waals surface area contributed by atoms with Crippen LogP contribution in [0, 0.1) is 25.7 Å². The van der Waals surface area contributed by atoms with Crippen LogP contribution in [0.3, 0.4) is 0 Å². The predicted octanol–water partition coefficient (Wildman–Crippen LogP) is 2.17. The van der Waals surface area contributed by atoms with Crippen molar-refractivity contribution in [2.45, 2.75) is 38.9 Å². The van der Waals surface area contributed by atoms with Crippen LogP contribution in [0.4, 0.5) is 17.3 Å².